The van der Waals surface area contributed by atoms with Crippen LogP contribution in [0.4, 0.5) is 0 Å². The van der Waals surface area contributed by atoms with E-state index in [1.54, 1.807) is 24.3 Å². The summed E-state index contributed by atoms with van der Waals surface area (Å²) in [5, 5.41) is 0. The van der Waals surface area contributed by atoms with Gasteiger partial charge in [-0.1, -0.05) is 0 Å². The van der Waals surface area contributed by atoms with Gasteiger partial charge in [-0.05, 0) is 43.3 Å². The van der Waals surface area contributed by atoms with E-state index in [2.05, 4.69) is 0 Å². The van der Waals surface area contributed by atoms with Gasteiger partial charge in [-0.25, -0.2) is 17.5 Å². The second-order valence-electron chi connectivity index (χ2n) is 6.25. The van der Waals surface area contributed by atoms with Gasteiger partial charge in [0.25, 0.3) is 0 Å². The number of carbonyl (C=O) groups is 1. The molecule has 0 N–H and O–H groups in total. The summed E-state index contributed by atoms with van der Waals surface area (Å²) in [6.07, 6.45) is 0. The molecule has 8 nitrogen and oxygen atoms in total. The van der Waals surface area contributed by atoms with Crippen LogP contribution in [-0.2, 0) is 16.6 Å². The van der Waals surface area contributed by atoms with Gasteiger partial charge < -0.3 is 9.15 Å². The smallest absolute Gasteiger partial charge is 0.420 e. The first-order valence-electron chi connectivity index (χ1n) is 8.56. The summed E-state index contributed by atoms with van der Waals surface area (Å²) in [5.41, 5.74) is 0.880. The number of hydrogen-bond donors (Lipinski definition) is 0. The van der Waals surface area contributed by atoms with E-state index in [1.807, 2.05) is 6.92 Å². The molecule has 0 aliphatic heterocycles. The van der Waals surface area contributed by atoms with Crippen LogP contribution in [-0.4, -0.2) is 43.8 Å². The molecule has 0 radical (unpaired) electrons. The maximum atomic E-state index is 12.5. The molecule has 0 fully saturated rings. The van der Waals surface area contributed by atoms with Crippen LogP contribution in [0.5, 0.6) is 5.75 Å². The molecule has 0 bridgehead atoms. The summed E-state index contributed by atoms with van der Waals surface area (Å²) in [5.74, 6) is -0.355. The topological polar surface area (TPSA) is 98.8 Å². The molecule has 2 aromatic carbocycles. The van der Waals surface area contributed by atoms with Gasteiger partial charge in [-0.2, -0.15) is 0 Å². The number of sulfonamides is 1. The molecular weight excluding hydrogens is 384 g/mol. The van der Waals surface area contributed by atoms with Gasteiger partial charge in [0.2, 0.25) is 10.0 Å². The summed E-state index contributed by atoms with van der Waals surface area (Å²) in [7, 11) is -0.838. The highest BCUT2D eigenvalue weighted by molar-refractivity contribution is 7.89. The van der Waals surface area contributed by atoms with E-state index in [0.717, 1.165) is 4.31 Å². The number of fused-ring (bicyclic) bond motifs is 1. The largest absolute Gasteiger partial charge is 0.494 e. The molecule has 0 saturated heterocycles. The van der Waals surface area contributed by atoms with E-state index in [4.69, 9.17) is 9.15 Å². The van der Waals surface area contributed by atoms with Crippen LogP contribution in [0.3, 0.4) is 0 Å². The Hall–Kier alpha value is -2.91. The van der Waals surface area contributed by atoms with Crippen molar-refractivity contribution < 1.29 is 22.4 Å². The van der Waals surface area contributed by atoms with Gasteiger partial charge in [-0.3, -0.25) is 9.36 Å². The SMILES string of the molecule is CCOc1ccc(C(=O)Cn2c(=O)oc3cc(S(=O)(=O)N(C)C)ccc32)cc1. The van der Waals surface area contributed by atoms with E-state index in [0.29, 0.717) is 23.4 Å². The number of benzene rings is 2. The zero-order valence-electron chi connectivity index (χ0n) is 15.7. The van der Waals surface area contributed by atoms with Crippen LogP contribution in [0.2, 0.25) is 0 Å². The number of carbonyl (C=O) groups excluding carboxylic acids is 1. The summed E-state index contributed by atoms with van der Waals surface area (Å²) >= 11 is 0. The van der Waals surface area contributed by atoms with E-state index in [1.165, 1.54) is 36.9 Å². The Bertz CT molecular complexity index is 1170. The fourth-order valence-electron chi connectivity index (χ4n) is 2.71. The Morgan fingerprint density at radius 1 is 1.14 bits per heavy atom. The molecule has 0 saturated carbocycles. The predicted octanol–water partition coefficient (Wildman–Crippen LogP) is 2.13. The first kappa shape index (κ1) is 19.8. The van der Waals surface area contributed by atoms with Gasteiger partial charge >= 0.3 is 5.76 Å². The maximum absolute atomic E-state index is 12.5. The molecule has 1 aromatic heterocycles. The number of ether oxygens (including phenoxy) is 1. The quantitative estimate of drug-likeness (QED) is 0.560. The van der Waals surface area contributed by atoms with Gasteiger partial charge in [0.15, 0.2) is 11.4 Å². The minimum absolute atomic E-state index is 0.00346. The zero-order valence-corrected chi connectivity index (χ0v) is 16.5. The molecule has 0 spiro atoms. The van der Waals surface area contributed by atoms with Gasteiger partial charge in [-0.15, -0.1) is 0 Å². The minimum atomic E-state index is -3.66. The molecule has 0 atom stereocenters. The summed E-state index contributed by atoms with van der Waals surface area (Å²) < 4.78 is 37.2. The van der Waals surface area contributed by atoms with E-state index in [9.17, 15) is 18.0 Å². The lowest BCUT2D eigenvalue weighted by molar-refractivity contribution is 0.0970. The fourth-order valence-corrected chi connectivity index (χ4v) is 3.62. The van der Waals surface area contributed by atoms with Crippen molar-refractivity contribution in [3.63, 3.8) is 0 Å². The number of hydrogen-bond acceptors (Lipinski definition) is 6. The summed E-state index contributed by atoms with van der Waals surface area (Å²) in [6.45, 7) is 2.17. The van der Waals surface area contributed by atoms with Crippen molar-refractivity contribution >= 4 is 26.9 Å². The Balaban J connectivity index is 1.92. The second kappa shape index (κ2) is 7.61. The molecule has 0 aliphatic rings. The summed E-state index contributed by atoms with van der Waals surface area (Å²) in [4.78, 5) is 24.8. The lowest BCUT2D eigenvalue weighted by Crippen LogP contribution is -2.22. The standard InChI is InChI=1S/C19H20N2O6S/c1-4-26-14-7-5-13(6-8-14)17(22)12-21-16-10-9-15(28(24,25)20(2)3)11-18(16)27-19(21)23/h5-11H,4,12H2,1-3H3. The Morgan fingerprint density at radius 3 is 2.43 bits per heavy atom. The van der Waals surface area contributed by atoms with Crippen LogP contribution in [0.1, 0.15) is 17.3 Å². The number of ketones is 1. The van der Waals surface area contributed by atoms with Gasteiger partial charge in [0.05, 0.1) is 23.6 Å². The van der Waals surface area contributed by atoms with Gasteiger partial charge in [0, 0.05) is 25.7 Å². The van der Waals surface area contributed by atoms with Crippen molar-refractivity contribution in [2.24, 2.45) is 0 Å². The van der Waals surface area contributed by atoms with Crippen molar-refractivity contribution in [1.29, 1.82) is 0 Å². The Morgan fingerprint density at radius 2 is 1.82 bits per heavy atom. The van der Waals surface area contributed by atoms with Crippen LogP contribution < -0.4 is 10.5 Å². The molecule has 3 aromatic rings. The molecule has 9 heteroatoms. The van der Waals surface area contributed by atoms with E-state index in [-0.39, 0.29) is 22.8 Å². The highest BCUT2D eigenvalue weighted by Gasteiger charge is 2.20. The van der Waals surface area contributed by atoms with Crippen LogP contribution in [0.15, 0.2) is 56.6 Å². The van der Waals surface area contributed by atoms with Crippen molar-refractivity contribution in [3.05, 3.63) is 58.6 Å². The number of aromatic nitrogens is 1. The molecule has 0 amide bonds. The molecule has 148 valence electrons. The van der Waals surface area contributed by atoms with Crippen molar-refractivity contribution in [3.8, 4) is 5.75 Å². The highest BCUT2D eigenvalue weighted by atomic mass is 32.2. The fraction of sp³-hybridized carbons (Fsp3) is 0.263. The first-order valence-corrected chi connectivity index (χ1v) is 10.00. The lowest BCUT2D eigenvalue weighted by atomic mass is 10.1. The van der Waals surface area contributed by atoms with Crippen molar-refractivity contribution in [2.45, 2.75) is 18.4 Å². The number of oxazole rings is 1. The van der Waals surface area contributed by atoms with Crippen LogP contribution in [0, 0.1) is 0 Å². The molecule has 1 heterocycles. The van der Waals surface area contributed by atoms with Gasteiger partial charge in [0.1, 0.15) is 5.75 Å². The maximum Gasteiger partial charge on any atom is 0.420 e. The molecule has 3 rings (SSSR count). The lowest BCUT2D eigenvalue weighted by Gasteiger charge is -2.10. The predicted molar refractivity (Wildman–Crippen MR) is 103 cm³/mol. The van der Waals surface area contributed by atoms with Crippen molar-refractivity contribution in [1.82, 2.24) is 8.87 Å². The Labute approximate surface area is 162 Å². The number of nitrogens with zero attached hydrogens (tertiary/aromatic N) is 2. The third kappa shape index (κ3) is 3.71. The first-order chi connectivity index (χ1) is 13.2. The third-order valence-electron chi connectivity index (χ3n) is 4.21. The average Bonchev–Trinajstić information content (AvgIpc) is 2.97. The van der Waals surface area contributed by atoms with Crippen LogP contribution in [0.25, 0.3) is 11.1 Å². The second-order valence-corrected chi connectivity index (χ2v) is 8.40. The zero-order chi connectivity index (χ0) is 20.5. The molecule has 0 unspecified atom stereocenters. The molecule has 28 heavy (non-hydrogen) atoms. The van der Waals surface area contributed by atoms with E-state index < -0.39 is 15.8 Å². The number of Topliss-reactive ketones (excluding diaryl/α,β-unsaturated/α-hetero) is 1. The van der Waals surface area contributed by atoms with E-state index >= 15 is 0 Å². The normalized spacial score (nSPS) is 11.9. The average molecular weight is 404 g/mol. The summed E-state index contributed by atoms with van der Waals surface area (Å²) in [6, 6.07) is 10.7. The Kier molecular flexibility index (Phi) is 5.39. The molecular formula is C19H20N2O6S. The monoisotopic (exact) mass is 404 g/mol. The van der Waals surface area contributed by atoms with Crippen LogP contribution >= 0.6 is 0 Å². The minimum Gasteiger partial charge on any atom is -0.494 e. The molecule has 0 aliphatic carbocycles. The highest BCUT2D eigenvalue weighted by Crippen LogP contribution is 2.21. The number of rotatable bonds is 7. The van der Waals surface area contributed by atoms with Crippen molar-refractivity contribution in [2.75, 3.05) is 20.7 Å². The third-order valence-corrected chi connectivity index (χ3v) is 6.02.